The van der Waals surface area contributed by atoms with E-state index in [0.717, 1.165) is 33.2 Å². The largest absolute Gasteiger partial charge is 2.00 e. The van der Waals surface area contributed by atoms with Crippen LogP contribution >= 0.6 is 0 Å². The first-order chi connectivity index (χ1) is 7.74. The quantitative estimate of drug-likeness (QED) is 0.463. The molecule has 0 amide bonds. The maximum absolute atomic E-state index is 4.58. The van der Waals surface area contributed by atoms with E-state index < -0.39 is 0 Å². The molecule has 3 aromatic rings. The van der Waals surface area contributed by atoms with Gasteiger partial charge in [-0.05, 0) is 26.0 Å². The third kappa shape index (κ3) is 2.07. The summed E-state index contributed by atoms with van der Waals surface area (Å²) in [4.78, 5) is 9.16. The second-order valence-electron chi connectivity index (χ2n) is 4.11. The predicted octanol–water partition coefficient (Wildman–Crippen LogP) is 3.40. The van der Waals surface area contributed by atoms with E-state index in [2.05, 4.69) is 34.2 Å². The van der Waals surface area contributed by atoms with Crippen LogP contribution in [0.5, 0.6) is 0 Å². The van der Waals surface area contributed by atoms with E-state index in [1.165, 1.54) is 0 Å². The monoisotopic (exact) mass is 272 g/mol. The number of aromatic nitrogens is 2. The molecule has 17 heavy (non-hydrogen) atoms. The van der Waals surface area contributed by atoms with Crippen molar-refractivity contribution in [3.63, 3.8) is 0 Å². The molecule has 1 aromatic carbocycles. The first kappa shape index (κ1) is 12.1. The van der Waals surface area contributed by atoms with Gasteiger partial charge in [0.1, 0.15) is 0 Å². The number of pyridine rings is 2. The van der Waals surface area contributed by atoms with Gasteiger partial charge in [0.2, 0.25) is 0 Å². The van der Waals surface area contributed by atoms with Gasteiger partial charge in [0.25, 0.3) is 0 Å². The van der Waals surface area contributed by atoms with Gasteiger partial charge in [0, 0.05) is 22.2 Å². The number of benzene rings is 1. The Morgan fingerprint density at radius 2 is 1.00 bits per heavy atom. The van der Waals surface area contributed by atoms with Crippen LogP contribution in [0.1, 0.15) is 11.4 Å². The number of hydrogen-bond acceptors (Lipinski definition) is 2. The van der Waals surface area contributed by atoms with E-state index in [1.807, 2.05) is 26.0 Å². The maximum atomic E-state index is 4.58. The minimum absolute atomic E-state index is 0. The van der Waals surface area contributed by atoms with Crippen LogP contribution in [-0.4, -0.2) is 9.97 Å². The topological polar surface area (TPSA) is 25.8 Å². The minimum atomic E-state index is 0. The van der Waals surface area contributed by atoms with Crippen LogP contribution in [-0.2, 0) is 19.5 Å². The van der Waals surface area contributed by atoms with E-state index in [9.17, 15) is 0 Å². The zero-order valence-electron chi connectivity index (χ0n) is 10.1. The Morgan fingerprint density at radius 1 is 0.647 bits per heavy atom. The summed E-state index contributed by atoms with van der Waals surface area (Å²) < 4.78 is 0. The van der Waals surface area contributed by atoms with E-state index in [4.69, 9.17) is 0 Å². The van der Waals surface area contributed by atoms with Crippen LogP contribution in [0.25, 0.3) is 21.8 Å². The summed E-state index contributed by atoms with van der Waals surface area (Å²) in [6.07, 6.45) is 0. The number of aryl methyl sites for hydroxylation is 2. The smallest absolute Gasteiger partial charge is 0.251 e. The molecule has 2 heterocycles. The van der Waals surface area contributed by atoms with Crippen LogP contribution in [0.4, 0.5) is 0 Å². The molecule has 0 spiro atoms. The summed E-state index contributed by atoms with van der Waals surface area (Å²) in [7, 11) is 0. The Balaban J connectivity index is 0.00000108. The summed E-state index contributed by atoms with van der Waals surface area (Å²) in [6.45, 7) is 4.02. The fourth-order valence-electron chi connectivity index (χ4n) is 1.96. The van der Waals surface area contributed by atoms with Crippen molar-refractivity contribution in [1.29, 1.82) is 0 Å². The SMILES string of the molecule is Cc1ccc2ccc3ccc(C)nc3c2n1.[Zn+2]. The molecule has 3 heteroatoms. The van der Waals surface area contributed by atoms with Crippen LogP contribution in [0, 0.1) is 13.8 Å². The molecule has 3 rings (SSSR count). The average molecular weight is 274 g/mol. The molecule has 0 saturated heterocycles. The van der Waals surface area contributed by atoms with Crippen LogP contribution in [0.15, 0.2) is 36.4 Å². The molecule has 0 unspecified atom stereocenters. The molecule has 78 valence electrons. The van der Waals surface area contributed by atoms with Gasteiger partial charge >= 0.3 is 19.5 Å². The van der Waals surface area contributed by atoms with Crippen LogP contribution in [0.3, 0.4) is 0 Å². The summed E-state index contributed by atoms with van der Waals surface area (Å²) in [5.74, 6) is 0. The number of hydrogen-bond donors (Lipinski definition) is 0. The van der Waals surface area contributed by atoms with Crippen molar-refractivity contribution in [2.75, 3.05) is 0 Å². The molecule has 2 aromatic heterocycles. The third-order valence-corrected chi connectivity index (χ3v) is 2.80. The molecule has 0 aliphatic heterocycles. The van der Waals surface area contributed by atoms with Crippen molar-refractivity contribution in [2.24, 2.45) is 0 Å². The Morgan fingerprint density at radius 3 is 1.41 bits per heavy atom. The molecular formula is C14H12N2Zn+2. The first-order valence-electron chi connectivity index (χ1n) is 5.38. The fourth-order valence-corrected chi connectivity index (χ4v) is 1.96. The summed E-state index contributed by atoms with van der Waals surface area (Å²) >= 11 is 0. The summed E-state index contributed by atoms with van der Waals surface area (Å²) in [6, 6.07) is 12.5. The van der Waals surface area contributed by atoms with Gasteiger partial charge < -0.3 is 0 Å². The Labute approximate surface area is 113 Å². The van der Waals surface area contributed by atoms with E-state index in [1.54, 1.807) is 0 Å². The van der Waals surface area contributed by atoms with Gasteiger partial charge in [0.05, 0.1) is 11.0 Å². The van der Waals surface area contributed by atoms with Crippen LogP contribution < -0.4 is 0 Å². The van der Waals surface area contributed by atoms with Crippen molar-refractivity contribution < 1.29 is 19.5 Å². The standard InChI is InChI=1S/C14H12N2.Zn/c1-9-3-5-11-7-8-12-6-4-10(2)16-14(12)13(11)15-9;/h3-8H,1-2H3;/q;+2. The van der Waals surface area contributed by atoms with Gasteiger partial charge in [-0.3, -0.25) is 9.97 Å². The Kier molecular flexibility index (Phi) is 3.21. The Bertz CT molecular complexity index is 631. The van der Waals surface area contributed by atoms with Gasteiger partial charge in [0.15, 0.2) is 0 Å². The minimum Gasteiger partial charge on any atom is -0.251 e. The van der Waals surface area contributed by atoms with Crippen molar-refractivity contribution in [3.05, 3.63) is 47.8 Å². The second-order valence-corrected chi connectivity index (χ2v) is 4.11. The van der Waals surface area contributed by atoms with E-state index in [0.29, 0.717) is 0 Å². The molecule has 2 nitrogen and oxygen atoms in total. The second kappa shape index (κ2) is 4.50. The fraction of sp³-hybridized carbons (Fsp3) is 0.143. The van der Waals surface area contributed by atoms with E-state index in [-0.39, 0.29) is 19.5 Å². The van der Waals surface area contributed by atoms with Crippen LogP contribution in [0.2, 0.25) is 0 Å². The van der Waals surface area contributed by atoms with Crippen molar-refractivity contribution in [3.8, 4) is 0 Å². The number of nitrogens with zero attached hydrogens (tertiary/aromatic N) is 2. The zero-order chi connectivity index (χ0) is 11.1. The van der Waals surface area contributed by atoms with Gasteiger partial charge in [-0.2, -0.15) is 0 Å². The Hall–Kier alpha value is -1.34. The molecule has 0 saturated carbocycles. The van der Waals surface area contributed by atoms with Crippen molar-refractivity contribution in [2.45, 2.75) is 13.8 Å². The molecule has 0 radical (unpaired) electrons. The zero-order valence-corrected chi connectivity index (χ0v) is 13.0. The van der Waals surface area contributed by atoms with Crippen molar-refractivity contribution in [1.82, 2.24) is 9.97 Å². The molecular weight excluding hydrogens is 262 g/mol. The average Bonchev–Trinajstić information content (AvgIpc) is 2.29. The predicted molar refractivity (Wildman–Crippen MR) is 66.5 cm³/mol. The number of rotatable bonds is 0. The first-order valence-corrected chi connectivity index (χ1v) is 5.38. The maximum Gasteiger partial charge on any atom is 2.00 e. The van der Waals surface area contributed by atoms with Gasteiger partial charge in [-0.25, -0.2) is 0 Å². The molecule has 0 atom stereocenters. The van der Waals surface area contributed by atoms with Gasteiger partial charge in [-0.1, -0.05) is 24.3 Å². The molecule has 0 aliphatic carbocycles. The van der Waals surface area contributed by atoms with Crippen molar-refractivity contribution >= 4 is 21.8 Å². The molecule has 0 N–H and O–H groups in total. The normalized spacial score (nSPS) is 10.5. The molecule has 0 bridgehead atoms. The van der Waals surface area contributed by atoms with E-state index >= 15 is 0 Å². The molecule has 0 aliphatic rings. The summed E-state index contributed by atoms with van der Waals surface area (Å²) in [5, 5.41) is 2.30. The third-order valence-electron chi connectivity index (χ3n) is 2.80. The number of fused-ring (bicyclic) bond motifs is 3. The molecule has 0 fully saturated rings. The van der Waals surface area contributed by atoms with Gasteiger partial charge in [-0.15, -0.1) is 0 Å². The summed E-state index contributed by atoms with van der Waals surface area (Å²) in [5.41, 5.74) is 4.06.